The van der Waals surface area contributed by atoms with E-state index in [4.69, 9.17) is 10.5 Å². The van der Waals surface area contributed by atoms with Gasteiger partial charge in [-0.3, -0.25) is 4.79 Å². The van der Waals surface area contributed by atoms with Gasteiger partial charge in [-0.15, -0.1) is 0 Å². The number of ether oxygens (including phenoxy) is 1. The number of carbonyl (C=O) groups is 2. The Morgan fingerprint density at radius 3 is 2.23 bits per heavy atom. The highest BCUT2D eigenvalue weighted by Gasteiger charge is 2.19. The highest BCUT2D eigenvalue weighted by Crippen LogP contribution is 2.27. The number of hydrogen-bond donors (Lipinski definition) is 3. The molecule has 0 aliphatic heterocycles. The highest BCUT2D eigenvalue weighted by molar-refractivity contribution is 5.87. The number of carbonyl (C=O) groups excluding carboxylic acids is 2. The molecular formula is C22H19F2N3O3. The lowest BCUT2D eigenvalue weighted by Crippen LogP contribution is -2.42. The van der Waals surface area contributed by atoms with Crippen molar-refractivity contribution in [2.45, 2.75) is 12.6 Å². The molecule has 0 aromatic heterocycles. The van der Waals surface area contributed by atoms with Gasteiger partial charge in [0, 0.05) is 6.54 Å². The molecule has 0 bridgehead atoms. The van der Waals surface area contributed by atoms with E-state index in [-0.39, 0.29) is 18.0 Å². The van der Waals surface area contributed by atoms with Crippen LogP contribution in [-0.2, 0) is 11.3 Å². The Balaban J connectivity index is 1.60. The zero-order valence-corrected chi connectivity index (χ0v) is 15.8. The molecule has 0 fully saturated rings. The molecule has 30 heavy (non-hydrogen) atoms. The van der Waals surface area contributed by atoms with Crippen molar-refractivity contribution in [1.29, 1.82) is 0 Å². The number of para-hydroxylation sites is 1. The van der Waals surface area contributed by atoms with Crippen molar-refractivity contribution >= 4 is 11.9 Å². The van der Waals surface area contributed by atoms with Gasteiger partial charge < -0.3 is 21.1 Å². The largest absolute Gasteiger partial charge is 0.451 e. The zero-order valence-electron chi connectivity index (χ0n) is 15.8. The molecule has 3 aromatic rings. The average molecular weight is 411 g/mol. The van der Waals surface area contributed by atoms with Crippen molar-refractivity contribution in [1.82, 2.24) is 10.6 Å². The van der Waals surface area contributed by atoms with Crippen molar-refractivity contribution < 1.29 is 23.1 Å². The third-order valence-corrected chi connectivity index (χ3v) is 4.20. The van der Waals surface area contributed by atoms with E-state index >= 15 is 0 Å². The Morgan fingerprint density at radius 2 is 1.57 bits per heavy atom. The Kier molecular flexibility index (Phi) is 6.59. The van der Waals surface area contributed by atoms with Gasteiger partial charge in [0.15, 0.2) is 23.1 Å². The van der Waals surface area contributed by atoms with Gasteiger partial charge in [0.05, 0.1) is 0 Å². The molecule has 1 unspecified atom stereocenters. The first-order valence-corrected chi connectivity index (χ1v) is 9.03. The lowest BCUT2D eigenvalue weighted by molar-refractivity contribution is -0.119. The van der Waals surface area contributed by atoms with Gasteiger partial charge >= 0.3 is 6.03 Å². The van der Waals surface area contributed by atoms with Crippen molar-refractivity contribution in [2.24, 2.45) is 5.73 Å². The molecule has 0 saturated carbocycles. The maximum Gasteiger partial charge on any atom is 0.315 e. The number of urea groups is 1. The molecule has 0 aliphatic rings. The predicted octanol–water partition coefficient (Wildman–Crippen LogP) is 3.78. The first-order chi connectivity index (χ1) is 14.4. The van der Waals surface area contributed by atoms with Crippen LogP contribution in [0.25, 0.3) is 0 Å². The van der Waals surface area contributed by atoms with Crippen LogP contribution in [0.1, 0.15) is 17.2 Å². The van der Waals surface area contributed by atoms with Crippen LogP contribution in [0.4, 0.5) is 13.6 Å². The summed E-state index contributed by atoms with van der Waals surface area (Å²) in [6.07, 6.45) is 0. The molecule has 3 amide bonds. The van der Waals surface area contributed by atoms with Gasteiger partial charge in [0.25, 0.3) is 0 Å². The van der Waals surface area contributed by atoms with Crippen LogP contribution in [0, 0.1) is 11.6 Å². The van der Waals surface area contributed by atoms with Crippen LogP contribution in [0.3, 0.4) is 0 Å². The summed E-state index contributed by atoms with van der Waals surface area (Å²) < 4.78 is 33.2. The number of hydrogen-bond acceptors (Lipinski definition) is 3. The number of primary amides is 1. The van der Waals surface area contributed by atoms with Gasteiger partial charge in [-0.1, -0.05) is 48.5 Å². The minimum Gasteiger partial charge on any atom is -0.451 e. The van der Waals surface area contributed by atoms with E-state index in [2.05, 4.69) is 10.6 Å². The molecule has 0 heterocycles. The van der Waals surface area contributed by atoms with Crippen LogP contribution in [-0.4, -0.2) is 11.9 Å². The molecule has 0 aliphatic carbocycles. The molecule has 6 nitrogen and oxygen atoms in total. The Hall–Kier alpha value is -3.94. The highest BCUT2D eigenvalue weighted by atomic mass is 19.1. The minimum atomic E-state index is -1.00. The predicted molar refractivity (Wildman–Crippen MR) is 107 cm³/mol. The molecule has 0 spiro atoms. The molecule has 3 aromatic carbocycles. The zero-order chi connectivity index (χ0) is 21.5. The first kappa shape index (κ1) is 20.8. The second kappa shape index (κ2) is 9.51. The summed E-state index contributed by atoms with van der Waals surface area (Å²) in [5.74, 6) is -2.28. The summed E-state index contributed by atoms with van der Waals surface area (Å²) in [6, 6.07) is 16.6. The Labute approximate surface area is 171 Å². The van der Waals surface area contributed by atoms with E-state index in [1.165, 1.54) is 36.4 Å². The van der Waals surface area contributed by atoms with Gasteiger partial charge in [-0.05, 0) is 35.4 Å². The number of nitrogens with one attached hydrogen (secondary N) is 2. The molecule has 154 valence electrons. The van der Waals surface area contributed by atoms with E-state index < -0.39 is 29.6 Å². The molecular weight excluding hydrogens is 392 g/mol. The number of amides is 3. The van der Waals surface area contributed by atoms with E-state index in [0.717, 1.165) is 0 Å². The van der Waals surface area contributed by atoms with Gasteiger partial charge in [0.1, 0.15) is 6.04 Å². The van der Waals surface area contributed by atoms with Crippen LogP contribution >= 0.6 is 0 Å². The lowest BCUT2D eigenvalue weighted by atomic mass is 10.1. The molecule has 4 N–H and O–H groups in total. The van der Waals surface area contributed by atoms with Crippen LogP contribution in [0.15, 0.2) is 72.8 Å². The number of nitrogens with two attached hydrogens (primary N) is 1. The molecule has 0 radical (unpaired) electrons. The summed E-state index contributed by atoms with van der Waals surface area (Å²) in [5.41, 5.74) is 6.35. The van der Waals surface area contributed by atoms with E-state index in [0.29, 0.717) is 11.1 Å². The second-order valence-electron chi connectivity index (χ2n) is 6.37. The fourth-order valence-electron chi connectivity index (χ4n) is 2.71. The Bertz CT molecular complexity index is 1040. The molecule has 8 heteroatoms. The van der Waals surface area contributed by atoms with E-state index in [9.17, 15) is 18.4 Å². The standard InChI is InChI=1S/C22H19F2N3O3/c23-16-8-4-5-9-18(16)30-19-11-10-14(12-17(19)24)13-26-22(29)27-20(21(25)28)15-6-2-1-3-7-15/h1-12,20H,13H2,(H2,25,28)(H2,26,27,29). The van der Waals surface area contributed by atoms with Crippen molar-refractivity contribution in [3.05, 3.63) is 95.6 Å². The number of benzene rings is 3. The normalized spacial score (nSPS) is 11.4. The average Bonchev–Trinajstić information content (AvgIpc) is 2.74. The maximum absolute atomic E-state index is 14.3. The van der Waals surface area contributed by atoms with Crippen LogP contribution < -0.4 is 21.1 Å². The lowest BCUT2D eigenvalue weighted by Gasteiger charge is -2.16. The van der Waals surface area contributed by atoms with E-state index in [1.54, 1.807) is 36.4 Å². The Morgan fingerprint density at radius 1 is 0.900 bits per heavy atom. The van der Waals surface area contributed by atoms with E-state index in [1.807, 2.05) is 0 Å². The van der Waals surface area contributed by atoms with Crippen LogP contribution in [0.2, 0.25) is 0 Å². The third-order valence-electron chi connectivity index (χ3n) is 4.20. The monoisotopic (exact) mass is 411 g/mol. The van der Waals surface area contributed by atoms with Gasteiger partial charge in [-0.2, -0.15) is 0 Å². The maximum atomic E-state index is 14.3. The summed E-state index contributed by atoms with van der Waals surface area (Å²) in [7, 11) is 0. The first-order valence-electron chi connectivity index (χ1n) is 9.03. The smallest absolute Gasteiger partial charge is 0.315 e. The summed E-state index contributed by atoms with van der Waals surface area (Å²) >= 11 is 0. The fraction of sp³-hybridized carbons (Fsp3) is 0.0909. The molecule has 3 rings (SSSR count). The van der Waals surface area contributed by atoms with Crippen LogP contribution in [0.5, 0.6) is 11.5 Å². The third kappa shape index (κ3) is 5.32. The quantitative estimate of drug-likeness (QED) is 0.552. The van der Waals surface area contributed by atoms with Crippen molar-refractivity contribution in [3.63, 3.8) is 0 Å². The molecule has 0 saturated heterocycles. The summed E-state index contributed by atoms with van der Waals surface area (Å²) in [5, 5.41) is 5.02. The van der Waals surface area contributed by atoms with Crippen molar-refractivity contribution in [2.75, 3.05) is 0 Å². The molecule has 1 atom stereocenters. The number of halogens is 2. The summed E-state index contributed by atoms with van der Waals surface area (Å²) in [4.78, 5) is 23.8. The van der Waals surface area contributed by atoms with Gasteiger partial charge in [0.2, 0.25) is 5.91 Å². The van der Waals surface area contributed by atoms with Crippen molar-refractivity contribution in [3.8, 4) is 11.5 Å². The number of rotatable bonds is 7. The minimum absolute atomic E-state index is 0.0109. The van der Waals surface area contributed by atoms with Gasteiger partial charge in [-0.25, -0.2) is 13.6 Å². The SMILES string of the molecule is NC(=O)C(NC(=O)NCc1ccc(Oc2ccccc2F)c(F)c1)c1ccccc1. The summed E-state index contributed by atoms with van der Waals surface area (Å²) in [6.45, 7) is -0.0109. The second-order valence-corrected chi connectivity index (χ2v) is 6.37. The fourth-order valence-corrected chi connectivity index (χ4v) is 2.71. The topological polar surface area (TPSA) is 93.5 Å².